The van der Waals surface area contributed by atoms with Gasteiger partial charge in [-0.1, -0.05) is 55.5 Å². The smallest absolute Gasteiger partial charge is 0.270 e. The fourth-order valence-electron chi connectivity index (χ4n) is 2.34. The van der Waals surface area contributed by atoms with Crippen LogP contribution >= 0.6 is 0 Å². The summed E-state index contributed by atoms with van der Waals surface area (Å²) in [6, 6.07) is 21.0. The molecular weight excluding hydrogens is 312 g/mol. The second-order valence-electron chi connectivity index (χ2n) is 5.57. The molecule has 2 N–H and O–H groups in total. The third-order valence-corrected chi connectivity index (χ3v) is 3.57. The molecule has 1 heterocycles. The van der Waals surface area contributed by atoms with Gasteiger partial charge in [-0.05, 0) is 18.6 Å². The highest BCUT2D eigenvalue weighted by Gasteiger charge is 2.12. The number of benzene rings is 2. The Hall–Kier alpha value is -3.21. The Morgan fingerprint density at radius 2 is 1.64 bits per heavy atom. The fraction of sp³-hybridized carbons (Fsp3) is 0.150. The number of hydrogen-bond donors (Lipinski definition) is 2. The number of carbonyl (C=O) groups excluding carboxylic acids is 1. The highest BCUT2D eigenvalue weighted by molar-refractivity contribution is 5.93. The topological polar surface area (TPSA) is 66.9 Å². The molecular formula is C20H20N4O. The highest BCUT2D eigenvalue weighted by Crippen LogP contribution is 2.20. The van der Waals surface area contributed by atoms with Crippen molar-refractivity contribution in [1.82, 2.24) is 15.3 Å². The summed E-state index contributed by atoms with van der Waals surface area (Å²) < 4.78 is 0. The van der Waals surface area contributed by atoms with E-state index in [4.69, 9.17) is 0 Å². The van der Waals surface area contributed by atoms with Gasteiger partial charge < -0.3 is 10.6 Å². The number of nitrogens with zero attached hydrogens (tertiary/aromatic N) is 2. The van der Waals surface area contributed by atoms with Crippen molar-refractivity contribution < 1.29 is 4.79 Å². The number of aromatic nitrogens is 2. The van der Waals surface area contributed by atoms with Crippen molar-refractivity contribution in [3.05, 3.63) is 72.4 Å². The molecule has 126 valence electrons. The van der Waals surface area contributed by atoms with Crippen LogP contribution < -0.4 is 10.6 Å². The molecule has 25 heavy (non-hydrogen) atoms. The molecule has 0 aliphatic carbocycles. The van der Waals surface area contributed by atoms with Crippen LogP contribution in [0.3, 0.4) is 0 Å². The molecule has 0 fully saturated rings. The van der Waals surface area contributed by atoms with E-state index in [1.165, 1.54) is 0 Å². The van der Waals surface area contributed by atoms with Gasteiger partial charge in [0.25, 0.3) is 5.91 Å². The van der Waals surface area contributed by atoms with Crippen LogP contribution in [0, 0.1) is 0 Å². The average molecular weight is 332 g/mol. The van der Waals surface area contributed by atoms with Crippen molar-refractivity contribution in [2.45, 2.75) is 13.3 Å². The molecule has 0 saturated heterocycles. The zero-order chi connectivity index (χ0) is 17.5. The first-order chi connectivity index (χ1) is 12.3. The largest absolute Gasteiger partial charge is 0.351 e. The number of para-hydroxylation sites is 1. The van der Waals surface area contributed by atoms with E-state index in [2.05, 4.69) is 20.6 Å². The van der Waals surface area contributed by atoms with Gasteiger partial charge in [-0.2, -0.15) is 0 Å². The summed E-state index contributed by atoms with van der Waals surface area (Å²) in [7, 11) is 0. The Balaban J connectivity index is 1.97. The average Bonchev–Trinajstić information content (AvgIpc) is 2.67. The molecule has 0 bridgehead atoms. The quantitative estimate of drug-likeness (QED) is 0.715. The van der Waals surface area contributed by atoms with Gasteiger partial charge in [0.15, 0.2) is 5.82 Å². The Kier molecular flexibility index (Phi) is 5.36. The van der Waals surface area contributed by atoms with Gasteiger partial charge >= 0.3 is 0 Å². The number of amides is 1. The summed E-state index contributed by atoms with van der Waals surface area (Å²) in [6.45, 7) is 2.63. The van der Waals surface area contributed by atoms with Crippen LogP contribution in [-0.2, 0) is 0 Å². The minimum absolute atomic E-state index is 0.197. The van der Waals surface area contributed by atoms with Crippen LogP contribution in [0.5, 0.6) is 0 Å². The van der Waals surface area contributed by atoms with Crippen LogP contribution in [0.4, 0.5) is 11.5 Å². The number of rotatable bonds is 6. The lowest BCUT2D eigenvalue weighted by Gasteiger charge is -2.10. The second kappa shape index (κ2) is 8.06. The van der Waals surface area contributed by atoms with E-state index in [9.17, 15) is 4.79 Å². The first-order valence-electron chi connectivity index (χ1n) is 8.31. The zero-order valence-electron chi connectivity index (χ0n) is 14.1. The normalized spacial score (nSPS) is 10.3. The molecule has 3 aromatic rings. The molecule has 5 nitrogen and oxygen atoms in total. The zero-order valence-corrected chi connectivity index (χ0v) is 14.1. The monoisotopic (exact) mass is 332 g/mol. The number of nitrogens with one attached hydrogen (secondary N) is 2. The number of anilines is 2. The summed E-state index contributed by atoms with van der Waals surface area (Å²) in [4.78, 5) is 21.4. The van der Waals surface area contributed by atoms with E-state index < -0.39 is 0 Å². The van der Waals surface area contributed by atoms with Crippen LogP contribution in [0.1, 0.15) is 23.8 Å². The molecule has 0 radical (unpaired) electrons. The standard InChI is InChI=1S/C20H20N4O/c1-2-13-21-20(25)17-14-18(22-16-11-7-4-8-12-16)24-19(23-17)15-9-5-3-6-10-15/h3-12,14H,2,13H2,1H3,(H,21,25)(H,22,23,24). The lowest BCUT2D eigenvalue weighted by Crippen LogP contribution is -2.25. The molecule has 0 saturated carbocycles. The van der Waals surface area contributed by atoms with Gasteiger partial charge in [0.1, 0.15) is 11.5 Å². The second-order valence-corrected chi connectivity index (χ2v) is 5.57. The maximum absolute atomic E-state index is 12.4. The first-order valence-corrected chi connectivity index (χ1v) is 8.31. The van der Waals surface area contributed by atoms with Crippen LogP contribution in [0.25, 0.3) is 11.4 Å². The molecule has 2 aromatic carbocycles. The molecule has 0 atom stereocenters. The third kappa shape index (κ3) is 4.41. The Labute approximate surface area is 147 Å². The molecule has 0 aliphatic heterocycles. The molecule has 0 unspecified atom stereocenters. The summed E-state index contributed by atoms with van der Waals surface area (Å²) >= 11 is 0. The molecule has 0 spiro atoms. The summed E-state index contributed by atoms with van der Waals surface area (Å²) in [5.41, 5.74) is 2.12. The lowest BCUT2D eigenvalue weighted by molar-refractivity contribution is 0.0948. The Morgan fingerprint density at radius 1 is 0.960 bits per heavy atom. The van der Waals surface area contributed by atoms with Gasteiger partial charge in [-0.15, -0.1) is 0 Å². The maximum Gasteiger partial charge on any atom is 0.270 e. The Morgan fingerprint density at radius 3 is 2.32 bits per heavy atom. The molecule has 3 rings (SSSR count). The van der Waals surface area contributed by atoms with E-state index in [-0.39, 0.29) is 5.91 Å². The van der Waals surface area contributed by atoms with Crippen molar-refractivity contribution in [2.75, 3.05) is 11.9 Å². The first kappa shape index (κ1) is 16.6. The van der Waals surface area contributed by atoms with E-state index in [0.29, 0.717) is 23.9 Å². The number of hydrogen-bond acceptors (Lipinski definition) is 4. The van der Waals surface area contributed by atoms with Gasteiger partial charge in [-0.25, -0.2) is 9.97 Å². The van der Waals surface area contributed by atoms with Crippen LogP contribution in [0.2, 0.25) is 0 Å². The van der Waals surface area contributed by atoms with Crippen molar-refractivity contribution >= 4 is 17.4 Å². The minimum atomic E-state index is -0.197. The molecule has 1 aromatic heterocycles. The predicted octanol–water partition coefficient (Wildman–Crippen LogP) is 4.03. The highest BCUT2D eigenvalue weighted by atomic mass is 16.1. The van der Waals surface area contributed by atoms with Crippen LogP contribution in [-0.4, -0.2) is 22.4 Å². The molecule has 1 amide bonds. The maximum atomic E-state index is 12.4. The third-order valence-electron chi connectivity index (χ3n) is 3.57. The van der Waals surface area contributed by atoms with Crippen molar-refractivity contribution in [2.24, 2.45) is 0 Å². The Bertz CT molecular complexity index is 835. The van der Waals surface area contributed by atoms with E-state index in [0.717, 1.165) is 17.7 Å². The number of carbonyl (C=O) groups is 1. The van der Waals surface area contributed by atoms with Crippen LogP contribution in [0.15, 0.2) is 66.7 Å². The summed E-state index contributed by atoms with van der Waals surface area (Å²) in [5.74, 6) is 0.905. The summed E-state index contributed by atoms with van der Waals surface area (Å²) in [5, 5.41) is 6.10. The summed E-state index contributed by atoms with van der Waals surface area (Å²) in [6.07, 6.45) is 0.873. The molecule has 5 heteroatoms. The minimum Gasteiger partial charge on any atom is -0.351 e. The van der Waals surface area contributed by atoms with Gasteiger partial charge in [0, 0.05) is 23.9 Å². The van der Waals surface area contributed by atoms with Gasteiger partial charge in [-0.3, -0.25) is 4.79 Å². The van der Waals surface area contributed by atoms with E-state index >= 15 is 0 Å². The SMILES string of the molecule is CCCNC(=O)c1cc(Nc2ccccc2)nc(-c2ccccc2)n1. The van der Waals surface area contributed by atoms with Gasteiger partial charge in [0.05, 0.1) is 0 Å². The van der Waals surface area contributed by atoms with E-state index in [1.54, 1.807) is 6.07 Å². The van der Waals surface area contributed by atoms with Gasteiger partial charge in [0.2, 0.25) is 0 Å². The fourth-order valence-corrected chi connectivity index (χ4v) is 2.34. The lowest BCUT2D eigenvalue weighted by atomic mass is 10.2. The predicted molar refractivity (Wildman–Crippen MR) is 99.8 cm³/mol. The van der Waals surface area contributed by atoms with Crippen molar-refractivity contribution in [1.29, 1.82) is 0 Å². The van der Waals surface area contributed by atoms with Crippen molar-refractivity contribution in [3.63, 3.8) is 0 Å². The van der Waals surface area contributed by atoms with Crippen molar-refractivity contribution in [3.8, 4) is 11.4 Å². The molecule has 0 aliphatic rings. The van der Waals surface area contributed by atoms with E-state index in [1.807, 2.05) is 67.6 Å².